The van der Waals surface area contributed by atoms with Crippen LogP contribution in [0.5, 0.6) is 0 Å². The van der Waals surface area contributed by atoms with E-state index in [0.29, 0.717) is 23.8 Å². The number of rotatable bonds is 4. The molecular weight excluding hydrogens is 276 g/mol. The van der Waals surface area contributed by atoms with E-state index < -0.39 is 0 Å². The highest BCUT2D eigenvalue weighted by Gasteiger charge is 2.25. The second kappa shape index (κ2) is 7.22. The fraction of sp³-hybridized carbons (Fsp3) is 0.500. The van der Waals surface area contributed by atoms with Gasteiger partial charge in [0.15, 0.2) is 0 Å². The molecule has 0 radical (unpaired) electrons. The van der Waals surface area contributed by atoms with Crippen LogP contribution in [0.15, 0.2) is 18.3 Å². The maximum atomic E-state index is 12.2. The molecule has 1 aromatic rings. The molecule has 0 saturated carbocycles. The van der Waals surface area contributed by atoms with Crippen molar-refractivity contribution in [2.45, 2.75) is 19.3 Å². The Labute approximate surface area is 123 Å². The molecule has 1 N–H and O–H groups in total. The van der Waals surface area contributed by atoms with Crippen LogP contribution in [0.4, 0.5) is 5.82 Å². The van der Waals surface area contributed by atoms with Gasteiger partial charge < -0.3 is 10.2 Å². The molecular formula is C14H17ClN4O. The first kappa shape index (κ1) is 14.8. The first-order chi connectivity index (χ1) is 9.69. The van der Waals surface area contributed by atoms with E-state index in [-0.39, 0.29) is 11.8 Å². The van der Waals surface area contributed by atoms with E-state index in [9.17, 15) is 4.79 Å². The molecule has 20 heavy (non-hydrogen) atoms. The van der Waals surface area contributed by atoms with Gasteiger partial charge in [-0.05, 0) is 31.5 Å². The van der Waals surface area contributed by atoms with Crippen molar-refractivity contribution in [1.29, 1.82) is 5.26 Å². The van der Waals surface area contributed by atoms with E-state index in [1.165, 1.54) is 6.20 Å². The van der Waals surface area contributed by atoms with Crippen molar-refractivity contribution in [3.8, 4) is 6.07 Å². The minimum Gasteiger partial charge on any atom is -0.310 e. The van der Waals surface area contributed by atoms with E-state index in [1.54, 1.807) is 12.1 Å². The first-order valence-electron chi connectivity index (χ1n) is 6.71. The van der Waals surface area contributed by atoms with Crippen LogP contribution in [0, 0.1) is 17.2 Å². The van der Waals surface area contributed by atoms with Gasteiger partial charge in [0.1, 0.15) is 5.82 Å². The summed E-state index contributed by atoms with van der Waals surface area (Å²) in [5.74, 6) is 0.468. The average Bonchev–Trinajstić information content (AvgIpc) is 2.48. The number of aromatic nitrogens is 1. The van der Waals surface area contributed by atoms with Gasteiger partial charge in [-0.2, -0.15) is 5.26 Å². The molecule has 2 heterocycles. The summed E-state index contributed by atoms with van der Waals surface area (Å²) in [5.41, 5.74) is 0. The highest BCUT2D eigenvalue weighted by Crippen LogP contribution is 2.18. The second-order valence-corrected chi connectivity index (χ2v) is 5.34. The number of likely N-dealkylation sites (tertiary alicyclic amines) is 1. The van der Waals surface area contributed by atoms with Crippen LogP contribution in [0.25, 0.3) is 0 Å². The standard InChI is InChI=1S/C14H17ClN4O/c15-12-4-5-13(17-9-12)18-14(20)11-3-1-7-19(10-11)8-2-6-16/h4-5,9,11H,1-3,7-8,10H2,(H,17,18,20). The number of anilines is 1. The Hall–Kier alpha value is -1.64. The molecule has 0 bridgehead atoms. The summed E-state index contributed by atoms with van der Waals surface area (Å²) in [6, 6.07) is 5.53. The molecule has 0 aromatic carbocycles. The number of piperidine rings is 1. The number of halogens is 1. The normalized spacial score (nSPS) is 19.3. The number of carbonyl (C=O) groups excluding carboxylic acids is 1. The zero-order valence-corrected chi connectivity index (χ0v) is 11.9. The Bertz CT molecular complexity index is 497. The van der Waals surface area contributed by atoms with Crippen LogP contribution >= 0.6 is 11.6 Å². The van der Waals surface area contributed by atoms with Gasteiger partial charge in [-0.25, -0.2) is 4.98 Å². The third kappa shape index (κ3) is 4.19. The Kier molecular flexibility index (Phi) is 5.33. The highest BCUT2D eigenvalue weighted by atomic mass is 35.5. The molecule has 1 aliphatic rings. The quantitative estimate of drug-likeness (QED) is 0.924. The average molecular weight is 293 g/mol. The summed E-state index contributed by atoms with van der Waals surface area (Å²) in [4.78, 5) is 18.4. The molecule has 1 aliphatic heterocycles. The predicted molar refractivity (Wildman–Crippen MR) is 77.3 cm³/mol. The van der Waals surface area contributed by atoms with E-state index in [1.807, 2.05) is 0 Å². The predicted octanol–water partition coefficient (Wildman–Crippen LogP) is 2.30. The molecule has 2 rings (SSSR count). The molecule has 0 spiro atoms. The minimum atomic E-state index is -0.0417. The van der Waals surface area contributed by atoms with Gasteiger partial charge in [-0.15, -0.1) is 0 Å². The van der Waals surface area contributed by atoms with Crippen LogP contribution in [-0.4, -0.2) is 35.4 Å². The van der Waals surface area contributed by atoms with Gasteiger partial charge >= 0.3 is 0 Å². The number of pyridine rings is 1. The lowest BCUT2D eigenvalue weighted by atomic mass is 9.97. The van der Waals surface area contributed by atoms with Crippen molar-refractivity contribution in [3.63, 3.8) is 0 Å². The summed E-state index contributed by atoms with van der Waals surface area (Å²) in [7, 11) is 0. The van der Waals surface area contributed by atoms with Crippen LogP contribution < -0.4 is 5.32 Å². The molecule has 1 fully saturated rings. The number of nitriles is 1. The third-order valence-corrected chi connectivity index (χ3v) is 3.62. The van der Waals surface area contributed by atoms with Crippen LogP contribution in [0.1, 0.15) is 19.3 Å². The summed E-state index contributed by atoms with van der Waals surface area (Å²) in [5, 5.41) is 12.0. The van der Waals surface area contributed by atoms with Crippen molar-refractivity contribution in [3.05, 3.63) is 23.4 Å². The zero-order chi connectivity index (χ0) is 14.4. The summed E-state index contributed by atoms with van der Waals surface area (Å²) >= 11 is 5.76. The van der Waals surface area contributed by atoms with E-state index in [4.69, 9.17) is 16.9 Å². The first-order valence-corrected chi connectivity index (χ1v) is 7.08. The maximum Gasteiger partial charge on any atom is 0.229 e. The molecule has 5 nitrogen and oxygen atoms in total. The van der Waals surface area contributed by atoms with Crippen molar-refractivity contribution < 1.29 is 4.79 Å². The Morgan fingerprint density at radius 3 is 3.15 bits per heavy atom. The number of nitrogens with one attached hydrogen (secondary N) is 1. The highest BCUT2D eigenvalue weighted by molar-refractivity contribution is 6.30. The number of hydrogen-bond acceptors (Lipinski definition) is 4. The van der Waals surface area contributed by atoms with Crippen LogP contribution in [0.3, 0.4) is 0 Å². The number of nitrogens with zero attached hydrogens (tertiary/aromatic N) is 3. The zero-order valence-electron chi connectivity index (χ0n) is 11.2. The molecule has 0 aliphatic carbocycles. The molecule has 6 heteroatoms. The van der Waals surface area contributed by atoms with Crippen molar-refractivity contribution >= 4 is 23.3 Å². The number of hydrogen-bond donors (Lipinski definition) is 1. The van der Waals surface area contributed by atoms with Crippen molar-refractivity contribution in [2.24, 2.45) is 5.92 Å². The molecule has 106 valence electrons. The van der Waals surface area contributed by atoms with Crippen LogP contribution in [0.2, 0.25) is 5.02 Å². The monoisotopic (exact) mass is 292 g/mol. The van der Waals surface area contributed by atoms with Gasteiger partial charge in [-0.1, -0.05) is 11.6 Å². The molecule has 1 aromatic heterocycles. The molecule has 1 amide bonds. The van der Waals surface area contributed by atoms with Gasteiger partial charge in [0.2, 0.25) is 5.91 Å². The van der Waals surface area contributed by atoms with Gasteiger partial charge in [-0.3, -0.25) is 4.79 Å². The smallest absolute Gasteiger partial charge is 0.229 e. The summed E-state index contributed by atoms with van der Waals surface area (Å²) in [6.45, 7) is 2.41. The Morgan fingerprint density at radius 2 is 2.45 bits per heavy atom. The largest absolute Gasteiger partial charge is 0.310 e. The lowest BCUT2D eigenvalue weighted by Crippen LogP contribution is -2.41. The maximum absolute atomic E-state index is 12.2. The second-order valence-electron chi connectivity index (χ2n) is 4.90. The fourth-order valence-corrected chi connectivity index (χ4v) is 2.47. The van der Waals surface area contributed by atoms with E-state index >= 15 is 0 Å². The number of carbonyl (C=O) groups is 1. The lowest BCUT2D eigenvalue weighted by Gasteiger charge is -2.31. The van der Waals surface area contributed by atoms with Crippen molar-refractivity contribution in [1.82, 2.24) is 9.88 Å². The minimum absolute atomic E-state index is 0.0125. The SMILES string of the molecule is N#CCCN1CCCC(C(=O)Nc2ccc(Cl)cn2)C1. The molecule has 1 atom stereocenters. The Balaban J connectivity index is 1.88. The lowest BCUT2D eigenvalue weighted by molar-refractivity contribution is -0.121. The number of amides is 1. The topological polar surface area (TPSA) is 69.0 Å². The molecule has 1 unspecified atom stereocenters. The van der Waals surface area contributed by atoms with Crippen molar-refractivity contribution in [2.75, 3.05) is 25.0 Å². The fourth-order valence-electron chi connectivity index (χ4n) is 2.36. The Morgan fingerprint density at radius 1 is 1.60 bits per heavy atom. The van der Waals surface area contributed by atoms with E-state index in [2.05, 4.69) is 21.3 Å². The summed E-state index contributed by atoms with van der Waals surface area (Å²) in [6.07, 6.45) is 3.88. The third-order valence-electron chi connectivity index (χ3n) is 3.39. The van der Waals surface area contributed by atoms with Gasteiger partial charge in [0, 0.05) is 25.7 Å². The van der Waals surface area contributed by atoms with E-state index in [0.717, 1.165) is 25.9 Å². The summed E-state index contributed by atoms with van der Waals surface area (Å²) < 4.78 is 0. The van der Waals surface area contributed by atoms with Gasteiger partial charge in [0.25, 0.3) is 0 Å². The molecule has 1 saturated heterocycles. The van der Waals surface area contributed by atoms with Crippen LogP contribution in [-0.2, 0) is 4.79 Å². The van der Waals surface area contributed by atoms with Gasteiger partial charge in [0.05, 0.1) is 17.0 Å².